The van der Waals surface area contributed by atoms with E-state index in [2.05, 4.69) is 39.6 Å². The molecule has 3 heterocycles. The van der Waals surface area contributed by atoms with Gasteiger partial charge in [0.2, 0.25) is 0 Å². The van der Waals surface area contributed by atoms with Gasteiger partial charge in [-0.2, -0.15) is 0 Å². The molecule has 0 atom stereocenters. The lowest BCUT2D eigenvalue weighted by atomic mass is 10.1. The molecule has 0 saturated heterocycles. The monoisotopic (exact) mass is 224 g/mol. The first-order chi connectivity index (χ1) is 7.93. The molecule has 0 aliphatic heterocycles. The van der Waals surface area contributed by atoms with E-state index < -0.39 is 0 Å². The second kappa shape index (κ2) is 2.83. The zero-order valence-corrected chi connectivity index (χ0v) is 9.21. The highest BCUT2D eigenvalue weighted by molar-refractivity contribution is 7.18. The van der Waals surface area contributed by atoms with Gasteiger partial charge in [0.15, 0.2) is 0 Å². The molecule has 0 aliphatic carbocycles. The Kier molecular flexibility index (Phi) is 1.47. The highest BCUT2D eigenvalue weighted by Gasteiger charge is 2.07. The summed E-state index contributed by atoms with van der Waals surface area (Å²) in [6, 6.07) is 10.6. The first-order valence-electron chi connectivity index (χ1n) is 5.16. The number of hydrogen-bond acceptors (Lipinski definition) is 2. The highest BCUT2D eigenvalue weighted by Crippen LogP contribution is 2.32. The zero-order valence-electron chi connectivity index (χ0n) is 8.40. The van der Waals surface area contributed by atoms with E-state index >= 15 is 0 Å². The molecule has 0 amide bonds. The van der Waals surface area contributed by atoms with Crippen LogP contribution in [0.4, 0.5) is 0 Å². The maximum atomic E-state index is 4.36. The van der Waals surface area contributed by atoms with E-state index in [4.69, 9.17) is 0 Å². The van der Waals surface area contributed by atoms with Gasteiger partial charge in [-0.3, -0.25) is 0 Å². The fraction of sp³-hybridized carbons (Fsp3) is 0. The van der Waals surface area contributed by atoms with E-state index in [0.29, 0.717) is 0 Å². The minimum Gasteiger partial charge on any atom is -0.338 e. The summed E-state index contributed by atoms with van der Waals surface area (Å²) in [7, 11) is 0. The number of benzene rings is 1. The van der Waals surface area contributed by atoms with Crippen LogP contribution in [0.3, 0.4) is 0 Å². The van der Waals surface area contributed by atoms with Crippen molar-refractivity contribution in [3.63, 3.8) is 0 Å². The van der Waals surface area contributed by atoms with E-state index in [1.54, 1.807) is 11.3 Å². The SMILES string of the molecule is c1cnc2[nH]c3c(ccc4ccsc43)c2c1. The summed E-state index contributed by atoms with van der Waals surface area (Å²) in [4.78, 5) is 7.77. The summed E-state index contributed by atoms with van der Waals surface area (Å²) in [5, 5.41) is 5.89. The molecular formula is C13H8N2S. The van der Waals surface area contributed by atoms with E-state index in [0.717, 1.165) is 5.65 Å². The molecule has 0 unspecified atom stereocenters. The van der Waals surface area contributed by atoms with Gasteiger partial charge in [0, 0.05) is 17.0 Å². The Morgan fingerprint density at radius 3 is 3.06 bits per heavy atom. The Balaban J connectivity index is 2.38. The number of fused-ring (bicyclic) bond motifs is 5. The van der Waals surface area contributed by atoms with Gasteiger partial charge in [-0.05, 0) is 29.0 Å². The van der Waals surface area contributed by atoms with Crippen molar-refractivity contribution < 1.29 is 0 Å². The quantitative estimate of drug-likeness (QED) is 0.481. The molecule has 4 rings (SSSR count). The van der Waals surface area contributed by atoms with Crippen molar-refractivity contribution in [2.45, 2.75) is 0 Å². The van der Waals surface area contributed by atoms with Gasteiger partial charge < -0.3 is 4.98 Å². The average Bonchev–Trinajstić information content (AvgIpc) is 2.92. The number of thiophene rings is 1. The van der Waals surface area contributed by atoms with Crippen LogP contribution in [0, 0.1) is 0 Å². The summed E-state index contributed by atoms with van der Waals surface area (Å²) in [6.07, 6.45) is 1.82. The van der Waals surface area contributed by atoms with Gasteiger partial charge in [-0.15, -0.1) is 11.3 Å². The Labute approximate surface area is 95.5 Å². The molecular weight excluding hydrogens is 216 g/mol. The van der Waals surface area contributed by atoms with Crippen LogP contribution in [0.5, 0.6) is 0 Å². The standard InChI is InChI=1S/C13H8N2S/c1-2-10-9-4-3-8-5-7-16-12(8)11(9)15-13(10)14-6-1/h1-7H,(H,14,15). The van der Waals surface area contributed by atoms with Crippen LogP contribution in [-0.2, 0) is 0 Å². The number of hydrogen-bond donors (Lipinski definition) is 1. The molecule has 3 heteroatoms. The lowest BCUT2D eigenvalue weighted by molar-refractivity contribution is 1.35. The molecule has 0 saturated carbocycles. The molecule has 0 aliphatic rings. The fourth-order valence-electron chi connectivity index (χ4n) is 2.22. The number of pyridine rings is 1. The maximum Gasteiger partial charge on any atom is 0.138 e. The first-order valence-corrected chi connectivity index (χ1v) is 6.04. The Morgan fingerprint density at radius 1 is 1.06 bits per heavy atom. The van der Waals surface area contributed by atoms with Crippen molar-refractivity contribution in [2.24, 2.45) is 0 Å². The van der Waals surface area contributed by atoms with Crippen LogP contribution >= 0.6 is 11.3 Å². The van der Waals surface area contributed by atoms with Crippen molar-refractivity contribution in [1.29, 1.82) is 0 Å². The number of rotatable bonds is 0. The largest absolute Gasteiger partial charge is 0.338 e. The average molecular weight is 224 g/mol. The van der Waals surface area contributed by atoms with E-state index in [-0.39, 0.29) is 0 Å². The molecule has 76 valence electrons. The second-order valence-electron chi connectivity index (χ2n) is 3.85. The van der Waals surface area contributed by atoms with E-state index in [9.17, 15) is 0 Å². The molecule has 4 aromatic rings. The predicted molar refractivity (Wildman–Crippen MR) is 69.0 cm³/mol. The van der Waals surface area contributed by atoms with Crippen molar-refractivity contribution in [1.82, 2.24) is 9.97 Å². The summed E-state index contributed by atoms with van der Waals surface area (Å²) in [6.45, 7) is 0. The van der Waals surface area contributed by atoms with Crippen LogP contribution in [0.2, 0.25) is 0 Å². The summed E-state index contributed by atoms with van der Waals surface area (Å²) in [5.41, 5.74) is 2.18. The van der Waals surface area contributed by atoms with Crippen molar-refractivity contribution in [3.05, 3.63) is 41.9 Å². The van der Waals surface area contributed by atoms with Gasteiger partial charge >= 0.3 is 0 Å². The highest BCUT2D eigenvalue weighted by atomic mass is 32.1. The second-order valence-corrected chi connectivity index (χ2v) is 4.77. The third kappa shape index (κ3) is 0.933. The van der Waals surface area contributed by atoms with Gasteiger partial charge in [-0.25, -0.2) is 4.98 Å². The van der Waals surface area contributed by atoms with Crippen molar-refractivity contribution >= 4 is 43.4 Å². The molecule has 16 heavy (non-hydrogen) atoms. The number of nitrogens with one attached hydrogen (secondary N) is 1. The van der Waals surface area contributed by atoms with Gasteiger partial charge in [0.25, 0.3) is 0 Å². The third-order valence-electron chi connectivity index (χ3n) is 2.96. The first kappa shape index (κ1) is 8.30. The normalized spacial score (nSPS) is 11.8. The molecule has 0 spiro atoms. The molecule has 3 aromatic heterocycles. The Hall–Kier alpha value is -1.87. The van der Waals surface area contributed by atoms with Gasteiger partial charge in [0.05, 0.1) is 10.2 Å². The predicted octanol–water partition coefficient (Wildman–Crippen LogP) is 3.93. The van der Waals surface area contributed by atoms with Crippen LogP contribution < -0.4 is 0 Å². The number of nitrogens with zero attached hydrogens (tertiary/aromatic N) is 1. The summed E-state index contributed by atoms with van der Waals surface area (Å²) in [5.74, 6) is 0. The van der Waals surface area contributed by atoms with Crippen molar-refractivity contribution in [3.8, 4) is 0 Å². The zero-order chi connectivity index (χ0) is 10.5. The Morgan fingerprint density at radius 2 is 2.06 bits per heavy atom. The smallest absolute Gasteiger partial charge is 0.138 e. The lowest BCUT2D eigenvalue weighted by Gasteiger charge is -1.92. The van der Waals surface area contributed by atoms with Crippen LogP contribution in [0.25, 0.3) is 32.0 Å². The number of H-pyrrole nitrogens is 1. The lowest BCUT2D eigenvalue weighted by Crippen LogP contribution is -1.71. The fourth-order valence-corrected chi connectivity index (χ4v) is 3.12. The minimum absolute atomic E-state index is 0.971. The molecule has 0 radical (unpaired) electrons. The molecule has 0 bridgehead atoms. The van der Waals surface area contributed by atoms with Crippen LogP contribution in [-0.4, -0.2) is 9.97 Å². The maximum absolute atomic E-state index is 4.36. The summed E-state index contributed by atoms with van der Waals surface area (Å²) >= 11 is 1.77. The molecule has 2 nitrogen and oxygen atoms in total. The van der Waals surface area contributed by atoms with Crippen molar-refractivity contribution in [2.75, 3.05) is 0 Å². The van der Waals surface area contributed by atoms with Gasteiger partial charge in [0.1, 0.15) is 5.65 Å². The topological polar surface area (TPSA) is 28.7 Å². The molecule has 1 N–H and O–H groups in total. The van der Waals surface area contributed by atoms with E-state index in [1.165, 1.54) is 26.4 Å². The molecule has 0 fully saturated rings. The Bertz CT molecular complexity index is 810. The van der Waals surface area contributed by atoms with Crippen LogP contribution in [0.1, 0.15) is 0 Å². The summed E-state index contributed by atoms with van der Waals surface area (Å²) < 4.78 is 1.32. The number of aromatic nitrogens is 2. The van der Waals surface area contributed by atoms with Crippen LogP contribution in [0.15, 0.2) is 41.9 Å². The minimum atomic E-state index is 0.971. The van der Waals surface area contributed by atoms with Gasteiger partial charge in [-0.1, -0.05) is 12.1 Å². The third-order valence-corrected chi connectivity index (χ3v) is 3.91. The number of aromatic amines is 1. The van der Waals surface area contributed by atoms with E-state index in [1.807, 2.05) is 12.3 Å². The molecule has 1 aromatic carbocycles.